The number of rotatable bonds is 7. The van der Waals surface area contributed by atoms with Crippen molar-refractivity contribution >= 4 is 10.0 Å². The quantitative estimate of drug-likeness (QED) is 0.812. The largest absolute Gasteiger partial charge is 0.496 e. The van der Waals surface area contributed by atoms with Gasteiger partial charge < -0.3 is 9.47 Å². The maximum Gasteiger partial charge on any atom is 0.241 e. The van der Waals surface area contributed by atoms with Gasteiger partial charge in [-0.25, -0.2) is 17.5 Å². The third kappa shape index (κ3) is 4.29. The second kappa shape index (κ2) is 7.84. The molecule has 136 valence electrons. The Labute approximate surface area is 147 Å². The lowest BCUT2D eigenvalue weighted by Gasteiger charge is -2.19. The van der Waals surface area contributed by atoms with E-state index in [0.29, 0.717) is 6.42 Å². The van der Waals surface area contributed by atoms with Crippen LogP contribution >= 0.6 is 0 Å². The van der Waals surface area contributed by atoms with Crippen LogP contribution in [0.4, 0.5) is 4.39 Å². The highest BCUT2D eigenvalue weighted by atomic mass is 32.2. The summed E-state index contributed by atoms with van der Waals surface area (Å²) in [5.74, 6) is 0.00849. The van der Waals surface area contributed by atoms with E-state index in [9.17, 15) is 12.8 Å². The Kier molecular flexibility index (Phi) is 6.02. The fraction of sp³-hybridized carbons (Fsp3) is 0.333. The molecule has 5 nitrogen and oxygen atoms in total. The van der Waals surface area contributed by atoms with Crippen LogP contribution in [0.1, 0.15) is 30.5 Å². The number of nitrogens with one attached hydrogen (secondary N) is 1. The van der Waals surface area contributed by atoms with Crippen LogP contribution in [-0.2, 0) is 10.0 Å². The molecule has 0 spiro atoms. The summed E-state index contributed by atoms with van der Waals surface area (Å²) in [5, 5.41) is 0. The normalized spacial score (nSPS) is 12.7. The van der Waals surface area contributed by atoms with Gasteiger partial charge in [0.05, 0.1) is 19.1 Å². The first kappa shape index (κ1) is 19.2. The van der Waals surface area contributed by atoms with Crippen LogP contribution in [0.3, 0.4) is 0 Å². The minimum absolute atomic E-state index is 0.00299. The van der Waals surface area contributed by atoms with Crippen LogP contribution in [0.15, 0.2) is 41.3 Å². The second-order valence-corrected chi connectivity index (χ2v) is 7.32. The molecule has 0 saturated carbocycles. The van der Waals surface area contributed by atoms with Gasteiger partial charge in [0.25, 0.3) is 0 Å². The first-order valence-corrected chi connectivity index (χ1v) is 9.31. The van der Waals surface area contributed by atoms with Crippen LogP contribution in [0.5, 0.6) is 11.5 Å². The Balaban J connectivity index is 2.31. The number of hydrogen-bond acceptors (Lipinski definition) is 4. The van der Waals surface area contributed by atoms with Gasteiger partial charge in [0.1, 0.15) is 5.75 Å². The molecule has 0 amide bonds. The number of methoxy groups -OCH3 is 2. The van der Waals surface area contributed by atoms with Crippen LogP contribution < -0.4 is 14.2 Å². The number of aryl methyl sites for hydroxylation is 1. The van der Waals surface area contributed by atoms with Crippen LogP contribution in [0.2, 0.25) is 0 Å². The van der Waals surface area contributed by atoms with Gasteiger partial charge in [-0.15, -0.1) is 0 Å². The van der Waals surface area contributed by atoms with Crippen molar-refractivity contribution in [2.45, 2.75) is 31.2 Å². The van der Waals surface area contributed by atoms with Crippen molar-refractivity contribution in [3.63, 3.8) is 0 Å². The van der Waals surface area contributed by atoms with E-state index in [4.69, 9.17) is 9.47 Å². The summed E-state index contributed by atoms with van der Waals surface area (Å²) in [5.41, 5.74) is 1.73. The van der Waals surface area contributed by atoms with E-state index in [2.05, 4.69) is 4.72 Å². The molecule has 2 aromatic rings. The summed E-state index contributed by atoms with van der Waals surface area (Å²) < 4.78 is 51.7. The van der Waals surface area contributed by atoms with Crippen molar-refractivity contribution in [3.05, 3.63) is 53.3 Å². The fourth-order valence-electron chi connectivity index (χ4n) is 2.58. The van der Waals surface area contributed by atoms with Crippen LogP contribution in [0, 0.1) is 12.7 Å². The second-order valence-electron chi connectivity index (χ2n) is 5.61. The molecule has 1 N–H and O–H groups in total. The lowest BCUT2D eigenvalue weighted by atomic mass is 10.0. The highest BCUT2D eigenvalue weighted by Crippen LogP contribution is 2.27. The number of benzene rings is 2. The lowest BCUT2D eigenvalue weighted by molar-refractivity contribution is 0.385. The lowest BCUT2D eigenvalue weighted by Crippen LogP contribution is -2.28. The molecule has 0 aliphatic heterocycles. The van der Waals surface area contributed by atoms with E-state index in [1.165, 1.54) is 19.2 Å². The predicted octanol–water partition coefficient (Wildman–Crippen LogP) is 3.58. The summed E-state index contributed by atoms with van der Waals surface area (Å²) >= 11 is 0. The summed E-state index contributed by atoms with van der Waals surface area (Å²) in [7, 11) is -0.966. The summed E-state index contributed by atoms with van der Waals surface area (Å²) in [6, 6.07) is 8.63. The Morgan fingerprint density at radius 3 is 2.24 bits per heavy atom. The van der Waals surface area contributed by atoms with Gasteiger partial charge in [0.2, 0.25) is 10.0 Å². The van der Waals surface area contributed by atoms with Gasteiger partial charge in [-0.3, -0.25) is 0 Å². The predicted molar refractivity (Wildman–Crippen MR) is 94.0 cm³/mol. The molecule has 0 radical (unpaired) electrons. The van der Waals surface area contributed by atoms with Crippen LogP contribution in [0.25, 0.3) is 0 Å². The van der Waals surface area contributed by atoms with E-state index >= 15 is 0 Å². The molecular formula is C18H22FNO4S. The highest BCUT2D eigenvalue weighted by Gasteiger charge is 2.22. The molecule has 0 heterocycles. The van der Waals surface area contributed by atoms with Crippen molar-refractivity contribution in [1.29, 1.82) is 0 Å². The molecule has 2 aromatic carbocycles. The molecule has 0 aromatic heterocycles. The summed E-state index contributed by atoms with van der Waals surface area (Å²) in [4.78, 5) is -0.144. The molecule has 0 fully saturated rings. The van der Waals surface area contributed by atoms with Gasteiger partial charge >= 0.3 is 0 Å². The Morgan fingerprint density at radius 2 is 1.72 bits per heavy atom. The third-order valence-electron chi connectivity index (χ3n) is 3.96. The SMILES string of the molecule is CCC(NS(=O)(=O)c1ccc(OC)c(F)c1)c1ccc(OC)c(C)c1. The molecule has 0 saturated heterocycles. The van der Waals surface area contributed by atoms with Crippen molar-refractivity contribution < 1.29 is 22.3 Å². The zero-order chi connectivity index (χ0) is 18.6. The topological polar surface area (TPSA) is 64.6 Å². The summed E-state index contributed by atoms with van der Waals surface area (Å²) in [6.45, 7) is 3.77. The van der Waals surface area contributed by atoms with Gasteiger partial charge in [0, 0.05) is 6.04 Å². The third-order valence-corrected chi connectivity index (χ3v) is 5.43. The van der Waals surface area contributed by atoms with E-state index in [1.54, 1.807) is 13.2 Å². The maximum absolute atomic E-state index is 13.8. The molecule has 1 unspecified atom stereocenters. The smallest absolute Gasteiger partial charge is 0.241 e. The van der Waals surface area contributed by atoms with Gasteiger partial charge in [-0.1, -0.05) is 19.1 Å². The molecule has 0 aliphatic rings. The summed E-state index contributed by atoms with van der Waals surface area (Å²) in [6.07, 6.45) is 0.545. The molecule has 0 bridgehead atoms. The van der Waals surface area contributed by atoms with E-state index in [1.807, 2.05) is 26.0 Å². The van der Waals surface area contributed by atoms with Gasteiger partial charge in [-0.05, 0) is 48.7 Å². The van der Waals surface area contributed by atoms with Crippen LogP contribution in [-0.4, -0.2) is 22.6 Å². The number of halogens is 1. The monoisotopic (exact) mass is 367 g/mol. The number of ether oxygens (including phenoxy) is 2. The zero-order valence-corrected chi connectivity index (χ0v) is 15.5. The Bertz CT molecular complexity index is 852. The molecule has 7 heteroatoms. The average molecular weight is 367 g/mol. The number of hydrogen-bond donors (Lipinski definition) is 1. The fourth-order valence-corrected chi connectivity index (χ4v) is 3.89. The molecule has 25 heavy (non-hydrogen) atoms. The van der Waals surface area contributed by atoms with Crippen molar-refractivity contribution in [3.8, 4) is 11.5 Å². The van der Waals surface area contributed by atoms with E-state index in [-0.39, 0.29) is 10.6 Å². The maximum atomic E-state index is 13.8. The highest BCUT2D eigenvalue weighted by molar-refractivity contribution is 7.89. The van der Waals surface area contributed by atoms with E-state index < -0.39 is 21.9 Å². The zero-order valence-electron chi connectivity index (χ0n) is 14.7. The standard InChI is InChI=1S/C18H22FNO4S/c1-5-16(13-6-8-17(23-3)12(2)10-13)20-25(21,22)14-7-9-18(24-4)15(19)11-14/h6-11,16,20H,5H2,1-4H3. The number of sulfonamides is 1. The Morgan fingerprint density at radius 1 is 1.08 bits per heavy atom. The molecule has 0 aliphatic carbocycles. The minimum Gasteiger partial charge on any atom is -0.496 e. The first-order chi connectivity index (χ1) is 11.8. The first-order valence-electron chi connectivity index (χ1n) is 7.82. The van der Waals surface area contributed by atoms with Crippen molar-refractivity contribution in [2.24, 2.45) is 0 Å². The van der Waals surface area contributed by atoms with Gasteiger partial charge in [0.15, 0.2) is 11.6 Å². The molecule has 1 atom stereocenters. The minimum atomic E-state index is -3.87. The Hall–Kier alpha value is -2.12. The molecule has 2 rings (SSSR count). The van der Waals surface area contributed by atoms with E-state index in [0.717, 1.165) is 22.9 Å². The molecular weight excluding hydrogens is 345 g/mol. The van der Waals surface area contributed by atoms with Crippen molar-refractivity contribution in [2.75, 3.05) is 14.2 Å². The van der Waals surface area contributed by atoms with Crippen molar-refractivity contribution in [1.82, 2.24) is 4.72 Å². The van der Waals surface area contributed by atoms with Gasteiger partial charge in [-0.2, -0.15) is 0 Å². The average Bonchev–Trinajstić information content (AvgIpc) is 2.59.